The summed E-state index contributed by atoms with van der Waals surface area (Å²) in [7, 11) is -2.95. The van der Waals surface area contributed by atoms with Crippen LogP contribution in [0.1, 0.15) is 38.1 Å². The van der Waals surface area contributed by atoms with Crippen LogP contribution in [-0.4, -0.2) is 42.5 Å². The maximum atomic E-state index is 11.7. The Kier molecular flexibility index (Phi) is 4.38. The molecule has 1 saturated heterocycles. The van der Waals surface area contributed by atoms with Crippen molar-refractivity contribution in [2.24, 2.45) is 5.84 Å². The lowest BCUT2D eigenvalue weighted by Crippen LogP contribution is -2.47. The zero-order valence-electron chi connectivity index (χ0n) is 12.9. The lowest BCUT2D eigenvalue weighted by molar-refractivity contribution is 0.565. The third kappa shape index (κ3) is 3.26. The van der Waals surface area contributed by atoms with Crippen molar-refractivity contribution in [1.29, 1.82) is 0 Å². The molecule has 0 spiro atoms. The normalized spacial score (nSPS) is 21.6. The Morgan fingerprint density at radius 2 is 2.05 bits per heavy atom. The molecule has 1 aliphatic heterocycles. The van der Waals surface area contributed by atoms with E-state index in [9.17, 15) is 8.42 Å². The molecule has 0 bridgehead atoms. The minimum absolute atomic E-state index is 0.108. The van der Waals surface area contributed by atoms with Gasteiger partial charge in [-0.2, -0.15) is 0 Å². The van der Waals surface area contributed by atoms with Crippen LogP contribution in [0, 0.1) is 6.92 Å². The van der Waals surface area contributed by atoms with Gasteiger partial charge in [0.25, 0.3) is 0 Å². The van der Waals surface area contributed by atoms with E-state index in [1.54, 1.807) is 0 Å². The number of anilines is 2. The third-order valence-corrected chi connectivity index (χ3v) is 5.53. The molecule has 1 atom stereocenters. The Morgan fingerprint density at radius 3 is 2.57 bits per heavy atom. The molecule has 2 rings (SSSR count). The second-order valence-electron chi connectivity index (χ2n) is 5.83. The maximum absolute atomic E-state index is 11.7. The van der Waals surface area contributed by atoms with E-state index in [1.165, 1.54) is 0 Å². The van der Waals surface area contributed by atoms with Crippen LogP contribution in [0.5, 0.6) is 0 Å². The summed E-state index contributed by atoms with van der Waals surface area (Å²) in [6.07, 6.45) is 0. The summed E-state index contributed by atoms with van der Waals surface area (Å²) in [4.78, 5) is 11.1. The number of nitrogens with one attached hydrogen (secondary N) is 1. The zero-order valence-corrected chi connectivity index (χ0v) is 13.7. The summed E-state index contributed by atoms with van der Waals surface area (Å²) >= 11 is 0. The van der Waals surface area contributed by atoms with Crippen molar-refractivity contribution >= 4 is 21.5 Å². The molecule has 0 aliphatic carbocycles. The van der Waals surface area contributed by atoms with Crippen LogP contribution in [0.25, 0.3) is 0 Å². The summed E-state index contributed by atoms with van der Waals surface area (Å²) in [6, 6.07) is -0.108. The van der Waals surface area contributed by atoms with Gasteiger partial charge in [0.05, 0.1) is 11.5 Å². The zero-order chi connectivity index (χ0) is 15.8. The van der Waals surface area contributed by atoms with Crippen LogP contribution in [0.15, 0.2) is 0 Å². The van der Waals surface area contributed by atoms with E-state index in [-0.39, 0.29) is 23.5 Å². The monoisotopic (exact) mass is 313 g/mol. The molecule has 7 nitrogen and oxygen atoms in total. The Morgan fingerprint density at radius 1 is 1.38 bits per heavy atom. The predicted molar refractivity (Wildman–Crippen MR) is 84.1 cm³/mol. The molecular formula is C13H23N5O2S. The summed E-state index contributed by atoms with van der Waals surface area (Å²) in [5.74, 6) is 8.07. The highest BCUT2D eigenvalue weighted by Crippen LogP contribution is 2.28. The number of hydrogen-bond donors (Lipinski definition) is 2. The minimum atomic E-state index is -2.95. The number of rotatable bonds is 3. The first-order valence-corrected chi connectivity index (χ1v) is 8.89. The van der Waals surface area contributed by atoms with Crippen LogP contribution in [0.4, 0.5) is 11.6 Å². The molecule has 1 aliphatic rings. The van der Waals surface area contributed by atoms with E-state index in [2.05, 4.69) is 15.4 Å². The van der Waals surface area contributed by atoms with Gasteiger partial charge in [0, 0.05) is 24.1 Å². The number of hydrazine groups is 1. The molecule has 0 amide bonds. The minimum Gasteiger partial charge on any atom is -0.351 e. The fourth-order valence-electron chi connectivity index (χ4n) is 2.51. The fourth-order valence-corrected chi connectivity index (χ4v) is 4.07. The second-order valence-corrected chi connectivity index (χ2v) is 8.06. The predicted octanol–water partition coefficient (Wildman–Crippen LogP) is 0.817. The van der Waals surface area contributed by atoms with Gasteiger partial charge in [-0.05, 0) is 13.8 Å². The molecule has 1 aromatic heterocycles. The van der Waals surface area contributed by atoms with Crippen molar-refractivity contribution in [3.05, 3.63) is 11.4 Å². The third-order valence-electron chi connectivity index (χ3n) is 3.73. The van der Waals surface area contributed by atoms with Gasteiger partial charge in [-0.1, -0.05) is 13.8 Å². The van der Waals surface area contributed by atoms with Gasteiger partial charge in [0.15, 0.2) is 9.84 Å². The van der Waals surface area contributed by atoms with E-state index >= 15 is 0 Å². The Labute approximate surface area is 125 Å². The van der Waals surface area contributed by atoms with Crippen molar-refractivity contribution in [1.82, 2.24) is 9.97 Å². The van der Waals surface area contributed by atoms with Crippen molar-refractivity contribution in [3.63, 3.8) is 0 Å². The first-order valence-electron chi connectivity index (χ1n) is 7.07. The van der Waals surface area contributed by atoms with Gasteiger partial charge >= 0.3 is 0 Å². The molecule has 0 aromatic carbocycles. The standard InChI is InChI=1S/C13H23N5O2S/c1-8(2)11-15-12(17-14)10(4)13(16-11)18-5-6-21(19,20)7-9(18)3/h8-9H,5-7,14H2,1-4H3,(H,15,16,17). The van der Waals surface area contributed by atoms with Crippen LogP contribution in [-0.2, 0) is 9.84 Å². The van der Waals surface area contributed by atoms with Crippen LogP contribution in [0.2, 0.25) is 0 Å². The quantitative estimate of drug-likeness (QED) is 0.629. The molecule has 0 saturated carbocycles. The molecule has 0 radical (unpaired) electrons. The lowest BCUT2D eigenvalue weighted by Gasteiger charge is -2.35. The molecule has 21 heavy (non-hydrogen) atoms. The van der Waals surface area contributed by atoms with Crippen LogP contribution < -0.4 is 16.2 Å². The molecule has 118 valence electrons. The highest BCUT2D eigenvalue weighted by Gasteiger charge is 2.30. The van der Waals surface area contributed by atoms with E-state index in [0.717, 1.165) is 11.4 Å². The molecular weight excluding hydrogens is 290 g/mol. The average molecular weight is 313 g/mol. The lowest BCUT2D eigenvalue weighted by atomic mass is 10.2. The number of hydrogen-bond acceptors (Lipinski definition) is 7. The number of sulfone groups is 1. The average Bonchev–Trinajstić information content (AvgIpc) is 2.38. The van der Waals surface area contributed by atoms with Gasteiger partial charge in [0.1, 0.15) is 17.5 Å². The van der Waals surface area contributed by atoms with E-state index < -0.39 is 9.84 Å². The smallest absolute Gasteiger partial charge is 0.154 e. The first-order chi connectivity index (χ1) is 9.75. The van der Waals surface area contributed by atoms with Gasteiger partial charge in [-0.3, -0.25) is 0 Å². The number of nitrogens with two attached hydrogens (primary N) is 1. The molecule has 2 heterocycles. The van der Waals surface area contributed by atoms with Gasteiger partial charge < -0.3 is 10.3 Å². The van der Waals surface area contributed by atoms with E-state index in [4.69, 9.17) is 5.84 Å². The Balaban J connectivity index is 2.45. The number of aromatic nitrogens is 2. The summed E-state index contributed by atoms with van der Waals surface area (Å²) in [5, 5.41) is 0. The van der Waals surface area contributed by atoms with Crippen LogP contribution in [0.3, 0.4) is 0 Å². The Hall–Kier alpha value is -1.41. The van der Waals surface area contributed by atoms with Crippen molar-refractivity contribution in [3.8, 4) is 0 Å². The molecule has 1 unspecified atom stereocenters. The topological polar surface area (TPSA) is 101 Å². The molecule has 1 aromatic rings. The maximum Gasteiger partial charge on any atom is 0.154 e. The van der Waals surface area contributed by atoms with Crippen molar-refractivity contribution in [2.75, 3.05) is 28.4 Å². The highest BCUT2D eigenvalue weighted by atomic mass is 32.2. The summed E-state index contributed by atoms with van der Waals surface area (Å²) < 4.78 is 23.5. The van der Waals surface area contributed by atoms with E-state index in [0.29, 0.717) is 18.2 Å². The molecule has 8 heteroatoms. The number of nitrogens with zero attached hydrogens (tertiary/aromatic N) is 3. The van der Waals surface area contributed by atoms with Gasteiger partial charge in [-0.25, -0.2) is 24.2 Å². The second kappa shape index (κ2) is 5.76. The van der Waals surface area contributed by atoms with Crippen molar-refractivity contribution in [2.45, 2.75) is 39.7 Å². The summed E-state index contributed by atoms with van der Waals surface area (Å²) in [5.41, 5.74) is 3.45. The number of nitrogen functional groups attached to an aromatic ring is 1. The largest absolute Gasteiger partial charge is 0.351 e. The summed E-state index contributed by atoms with van der Waals surface area (Å²) in [6.45, 7) is 8.27. The molecule has 1 fully saturated rings. The Bertz CT molecular complexity index is 630. The van der Waals surface area contributed by atoms with Crippen LogP contribution >= 0.6 is 0 Å². The fraction of sp³-hybridized carbons (Fsp3) is 0.692. The van der Waals surface area contributed by atoms with Crippen molar-refractivity contribution < 1.29 is 8.42 Å². The SMILES string of the molecule is Cc1c(NN)nc(C(C)C)nc1N1CCS(=O)(=O)CC1C. The van der Waals surface area contributed by atoms with Gasteiger partial charge in [0.2, 0.25) is 0 Å². The first kappa shape index (κ1) is 16.0. The van der Waals surface area contributed by atoms with Gasteiger partial charge in [-0.15, -0.1) is 0 Å². The van der Waals surface area contributed by atoms with E-state index in [1.807, 2.05) is 32.6 Å². The molecule has 3 N–H and O–H groups in total. The highest BCUT2D eigenvalue weighted by molar-refractivity contribution is 7.91.